The molecule has 1 saturated heterocycles. The van der Waals surface area contributed by atoms with Crippen LogP contribution in [-0.2, 0) is 15.7 Å². The van der Waals surface area contributed by atoms with Crippen LogP contribution in [0.15, 0.2) is 5.38 Å². The highest BCUT2D eigenvalue weighted by Gasteiger charge is 2.36. The summed E-state index contributed by atoms with van der Waals surface area (Å²) in [6.45, 7) is 8.16. The first-order chi connectivity index (χ1) is 8.72. The molecule has 0 aromatic carbocycles. The van der Waals surface area contributed by atoms with E-state index in [1.807, 2.05) is 33.1 Å². The summed E-state index contributed by atoms with van der Waals surface area (Å²) in [5.74, 6) is 0. The normalized spacial score (nSPS) is 22.0. The minimum atomic E-state index is -3.46. The average Bonchev–Trinajstić information content (AvgIpc) is 2.85. The van der Waals surface area contributed by atoms with Crippen molar-refractivity contribution in [3.05, 3.63) is 16.1 Å². The van der Waals surface area contributed by atoms with Gasteiger partial charge in [-0.25, -0.2) is 4.98 Å². The largest absolute Gasteiger partial charge is 0.280 e. The first-order valence-corrected chi connectivity index (χ1v) is 8.78. The lowest BCUT2D eigenvalue weighted by Crippen LogP contribution is -2.49. The molecule has 2 rings (SSSR count). The van der Waals surface area contributed by atoms with Gasteiger partial charge < -0.3 is 0 Å². The summed E-state index contributed by atoms with van der Waals surface area (Å²) in [5.41, 5.74) is 0.238. The smallest absolute Gasteiger partial charge is 0.245 e. The van der Waals surface area contributed by atoms with Gasteiger partial charge in [0.15, 0.2) is 0 Å². The summed E-state index contributed by atoms with van der Waals surface area (Å²) in [7, 11) is -3.46. The van der Waals surface area contributed by atoms with E-state index in [2.05, 4.69) is 9.71 Å². The van der Waals surface area contributed by atoms with E-state index in [4.69, 9.17) is 0 Å². The molecule has 0 radical (unpaired) electrons. The number of rotatable bonds is 4. The van der Waals surface area contributed by atoms with E-state index in [-0.39, 0.29) is 6.04 Å². The van der Waals surface area contributed by atoms with Crippen molar-refractivity contribution >= 4 is 21.5 Å². The van der Waals surface area contributed by atoms with E-state index in [0.29, 0.717) is 6.54 Å². The SMILES string of the molecule is Cc1csc(C(C)(C)NS(=O)(=O)N2CCCC2C)n1. The topological polar surface area (TPSA) is 62.3 Å². The monoisotopic (exact) mass is 303 g/mol. The number of aryl methyl sites for hydroxylation is 1. The Bertz CT molecular complexity index is 551. The van der Waals surface area contributed by atoms with Gasteiger partial charge in [-0.3, -0.25) is 0 Å². The zero-order valence-corrected chi connectivity index (χ0v) is 13.4. The van der Waals surface area contributed by atoms with Crippen LogP contribution in [0, 0.1) is 6.92 Å². The fourth-order valence-electron chi connectivity index (χ4n) is 2.33. The second kappa shape index (κ2) is 5.12. The molecule has 1 aromatic rings. The molecule has 108 valence electrons. The predicted octanol–water partition coefficient (Wildman–Crippen LogP) is 2.01. The van der Waals surface area contributed by atoms with Crippen molar-refractivity contribution in [2.24, 2.45) is 0 Å². The number of hydrogen-bond acceptors (Lipinski definition) is 4. The zero-order valence-electron chi connectivity index (χ0n) is 11.8. The van der Waals surface area contributed by atoms with Crippen molar-refractivity contribution in [1.29, 1.82) is 0 Å². The first kappa shape index (κ1) is 14.9. The second-order valence-electron chi connectivity index (χ2n) is 5.63. The van der Waals surface area contributed by atoms with Crippen molar-refractivity contribution in [3.8, 4) is 0 Å². The molecule has 1 aromatic heterocycles. The lowest BCUT2D eigenvalue weighted by Gasteiger charge is -2.29. The van der Waals surface area contributed by atoms with Crippen LogP contribution in [0.3, 0.4) is 0 Å². The minimum Gasteiger partial charge on any atom is -0.245 e. The molecule has 19 heavy (non-hydrogen) atoms. The van der Waals surface area contributed by atoms with E-state index < -0.39 is 15.7 Å². The highest BCUT2D eigenvalue weighted by atomic mass is 32.2. The Morgan fingerprint density at radius 3 is 2.68 bits per heavy atom. The molecule has 0 spiro atoms. The molecule has 1 aliphatic heterocycles. The fraction of sp³-hybridized carbons (Fsp3) is 0.750. The Morgan fingerprint density at radius 2 is 2.21 bits per heavy atom. The minimum absolute atomic E-state index is 0.0753. The van der Waals surface area contributed by atoms with Crippen LogP contribution in [0.1, 0.15) is 44.3 Å². The van der Waals surface area contributed by atoms with Crippen LogP contribution in [-0.4, -0.2) is 30.3 Å². The summed E-state index contributed by atoms with van der Waals surface area (Å²) >= 11 is 1.48. The highest BCUT2D eigenvalue weighted by Crippen LogP contribution is 2.27. The van der Waals surface area contributed by atoms with E-state index in [0.717, 1.165) is 23.5 Å². The maximum atomic E-state index is 12.4. The third-order valence-electron chi connectivity index (χ3n) is 3.34. The molecule has 1 N–H and O–H groups in total. The van der Waals surface area contributed by atoms with E-state index >= 15 is 0 Å². The number of aromatic nitrogens is 1. The van der Waals surface area contributed by atoms with Crippen molar-refractivity contribution in [1.82, 2.24) is 14.0 Å². The molecule has 0 bridgehead atoms. The molecule has 1 fully saturated rings. The Hall–Kier alpha value is -0.500. The van der Waals surface area contributed by atoms with Gasteiger partial charge in [0.1, 0.15) is 5.01 Å². The number of nitrogens with zero attached hydrogens (tertiary/aromatic N) is 2. The maximum absolute atomic E-state index is 12.4. The molecule has 0 saturated carbocycles. The van der Waals surface area contributed by atoms with E-state index in [9.17, 15) is 8.42 Å². The van der Waals surface area contributed by atoms with E-state index in [1.165, 1.54) is 11.3 Å². The second-order valence-corrected chi connectivity index (χ2v) is 8.11. The molecule has 0 aliphatic carbocycles. The lowest BCUT2D eigenvalue weighted by atomic mass is 10.1. The van der Waals surface area contributed by atoms with Crippen molar-refractivity contribution in [2.45, 2.75) is 52.1 Å². The molecule has 1 unspecified atom stereocenters. The zero-order chi connectivity index (χ0) is 14.3. The standard InChI is InChI=1S/C12H21N3O2S2/c1-9-8-18-11(13-9)12(3,4)14-19(16,17)15-7-5-6-10(15)2/h8,10,14H,5-7H2,1-4H3. The van der Waals surface area contributed by atoms with Gasteiger partial charge in [0, 0.05) is 23.7 Å². The van der Waals surface area contributed by atoms with Crippen molar-refractivity contribution in [2.75, 3.05) is 6.54 Å². The summed E-state index contributed by atoms with van der Waals surface area (Å²) in [5, 5.41) is 2.73. The van der Waals surface area contributed by atoms with Gasteiger partial charge in [-0.2, -0.15) is 17.4 Å². The summed E-state index contributed by atoms with van der Waals surface area (Å²) in [4.78, 5) is 4.39. The number of hydrogen-bond donors (Lipinski definition) is 1. The molecular weight excluding hydrogens is 282 g/mol. The van der Waals surface area contributed by atoms with Crippen LogP contribution >= 0.6 is 11.3 Å². The van der Waals surface area contributed by atoms with Crippen LogP contribution in [0.2, 0.25) is 0 Å². The molecule has 0 amide bonds. The Morgan fingerprint density at radius 1 is 1.53 bits per heavy atom. The molecule has 5 nitrogen and oxygen atoms in total. The van der Waals surface area contributed by atoms with Gasteiger partial charge in [-0.15, -0.1) is 11.3 Å². The third-order valence-corrected chi connectivity index (χ3v) is 6.55. The highest BCUT2D eigenvalue weighted by molar-refractivity contribution is 7.87. The molecule has 1 aliphatic rings. The summed E-state index contributed by atoms with van der Waals surface area (Å²) in [6, 6.07) is 0.0753. The van der Waals surface area contributed by atoms with Crippen LogP contribution in [0.4, 0.5) is 0 Å². The Kier molecular flexibility index (Phi) is 4.02. The van der Waals surface area contributed by atoms with Crippen LogP contribution in [0.5, 0.6) is 0 Å². The Balaban J connectivity index is 2.19. The molecule has 7 heteroatoms. The van der Waals surface area contributed by atoms with Crippen molar-refractivity contribution in [3.63, 3.8) is 0 Å². The van der Waals surface area contributed by atoms with Gasteiger partial charge >= 0.3 is 0 Å². The number of nitrogens with one attached hydrogen (secondary N) is 1. The lowest BCUT2D eigenvalue weighted by molar-refractivity contribution is 0.376. The quantitative estimate of drug-likeness (QED) is 0.925. The van der Waals surface area contributed by atoms with E-state index in [1.54, 1.807) is 4.31 Å². The van der Waals surface area contributed by atoms with Crippen LogP contribution < -0.4 is 4.72 Å². The Labute approximate surface area is 119 Å². The third kappa shape index (κ3) is 3.16. The van der Waals surface area contributed by atoms with Gasteiger partial charge in [0.05, 0.1) is 5.54 Å². The molecular formula is C12H21N3O2S2. The van der Waals surface area contributed by atoms with Gasteiger partial charge in [-0.05, 0) is 40.5 Å². The predicted molar refractivity (Wildman–Crippen MR) is 77.3 cm³/mol. The van der Waals surface area contributed by atoms with Gasteiger partial charge in [-0.1, -0.05) is 0 Å². The van der Waals surface area contributed by atoms with Crippen LogP contribution in [0.25, 0.3) is 0 Å². The van der Waals surface area contributed by atoms with Crippen molar-refractivity contribution < 1.29 is 8.42 Å². The van der Waals surface area contributed by atoms with Gasteiger partial charge in [0.2, 0.25) is 0 Å². The summed E-state index contributed by atoms with van der Waals surface area (Å²) < 4.78 is 29.2. The molecule has 2 heterocycles. The fourth-order valence-corrected chi connectivity index (χ4v) is 5.08. The van der Waals surface area contributed by atoms with Gasteiger partial charge in [0.25, 0.3) is 10.2 Å². The maximum Gasteiger partial charge on any atom is 0.280 e. The molecule has 1 atom stereocenters. The first-order valence-electron chi connectivity index (χ1n) is 6.46. The average molecular weight is 303 g/mol. The number of thiazole rings is 1. The summed E-state index contributed by atoms with van der Waals surface area (Å²) in [6.07, 6.45) is 1.86.